The van der Waals surface area contributed by atoms with Crippen LogP contribution in [0.5, 0.6) is 0 Å². The number of halogens is 1. The Morgan fingerprint density at radius 2 is 1.89 bits per heavy atom. The predicted molar refractivity (Wildman–Crippen MR) is 79.2 cm³/mol. The molecule has 0 bridgehead atoms. The third-order valence-corrected chi connectivity index (χ3v) is 2.85. The molecular formula is C15H15ClN2O. The van der Waals surface area contributed by atoms with Crippen LogP contribution in [0.1, 0.15) is 17.3 Å². The molecule has 19 heavy (non-hydrogen) atoms. The maximum absolute atomic E-state index is 12.0. The summed E-state index contributed by atoms with van der Waals surface area (Å²) < 4.78 is 0. The highest BCUT2D eigenvalue weighted by atomic mass is 35.5. The van der Waals surface area contributed by atoms with E-state index >= 15 is 0 Å². The normalized spacial score (nSPS) is 10.0. The quantitative estimate of drug-likeness (QED) is 0.889. The van der Waals surface area contributed by atoms with Crippen LogP contribution in [-0.2, 0) is 0 Å². The van der Waals surface area contributed by atoms with Crippen LogP contribution in [0.4, 0.5) is 11.4 Å². The van der Waals surface area contributed by atoms with Gasteiger partial charge in [-0.15, -0.1) is 0 Å². The number of para-hydroxylation sites is 1. The van der Waals surface area contributed by atoms with Crippen molar-refractivity contribution in [3.8, 4) is 0 Å². The second-order valence-electron chi connectivity index (χ2n) is 4.04. The summed E-state index contributed by atoms with van der Waals surface area (Å²) in [7, 11) is 0. The van der Waals surface area contributed by atoms with E-state index in [9.17, 15) is 4.79 Å². The average molecular weight is 275 g/mol. The first-order valence-electron chi connectivity index (χ1n) is 6.10. The van der Waals surface area contributed by atoms with E-state index < -0.39 is 0 Å². The van der Waals surface area contributed by atoms with Crippen molar-refractivity contribution in [2.24, 2.45) is 0 Å². The van der Waals surface area contributed by atoms with Crippen molar-refractivity contribution < 1.29 is 4.79 Å². The molecule has 0 aliphatic rings. The summed E-state index contributed by atoms with van der Waals surface area (Å²) in [6.45, 7) is 2.48. The van der Waals surface area contributed by atoms with Gasteiger partial charge in [-0.1, -0.05) is 29.8 Å². The summed E-state index contributed by atoms with van der Waals surface area (Å²) in [5, 5.41) is 6.58. The third-order valence-electron chi connectivity index (χ3n) is 2.62. The Bertz CT molecular complexity index is 570. The Labute approximate surface area is 117 Å². The maximum atomic E-state index is 12.0. The van der Waals surface area contributed by atoms with Crippen LogP contribution in [0.2, 0.25) is 5.02 Å². The average Bonchev–Trinajstić information content (AvgIpc) is 2.40. The van der Waals surface area contributed by atoms with E-state index in [0.29, 0.717) is 22.8 Å². The molecule has 0 heterocycles. The fourth-order valence-corrected chi connectivity index (χ4v) is 1.92. The van der Waals surface area contributed by atoms with Crippen LogP contribution in [0.3, 0.4) is 0 Å². The van der Waals surface area contributed by atoms with E-state index in [1.807, 2.05) is 37.3 Å². The van der Waals surface area contributed by atoms with E-state index in [1.165, 1.54) is 0 Å². The first-order chi connectivity index (χ1) is 9.20. The molecule has 0 saturated carbocycles. The number of carbonyl (C=O) groups excluding carboxylic acids is 1. The summed E-state index contributed by atoms with van der Waals surface area (Å²) in [5.41, 5.74) is 2.19. The minimum atomic E-state index is -0.113. The molecule has 2 N–H and O–H groups in total. The number of anilines is 2. The molecule has 0 unspecified atom stereocenters. The summed E-state index contributed by atoms with van der Waals surface area (Å²) in [4.78, 5) is 12.0. The Kier molecular flexibility index (Phi) is 4.42. The van der Waals surface area contributed by atoms with Crippen molar-refractivity contribution in [2.75, 3.05) is 11.9 Å². The number of rotatable bonds is 4. The van der Waals surface area contributed by atoms with E-state index in [-0.39, 0.29) is 5.91 Å². The van der Waals surface area contributed by atoms with E-state index in [4.69, 9.17) is 11.6 Å². The Hall–Kier alpha value is -2.00. The van der Waals surface area contributed by atoms with Crippen molar-refractivity contribution in [3.63, 3.8) is 0 Å². The van der Waals surface area contributed by atoms with Crippen LogP contribution >= 0.6 is 11.6 Å². The zero-order chi connectivity index (χ0) is 13.7. The van der Waals surface area contributed by atoms with Gasteiger partial charge in [0.1, 0.15) is 0 Å². The van der Waals surface area contributed by atoms with Gasteiger partial charge in [-0.2, -0.15) is 0 Å². The highest BCUT2D eigenvalue weighted by molar-refractivity contribution is 6.31. The summed E-state index contributed by atoms with van der Waals surface area (Å²) in [5.74, 6) is -0.113. The number of amides is 1. The molecule has 0 aliphatic carbocycles. The van der Waals surface area contributed by atoms with Crippen LogP contribution in [0.15, 0.2) is 48.5 Å². The second kappa shape index (κ2) is 6.25. The van der Waals surface area contributed by atoms with Gasteiger partial charge in [0.15, 0.2) is 0 Å². The van der Waals surface area contributed by atoms with Gasteiger partial charge >= 0.3 is 0 Å². The maximum Gasteiger partial charge on any atom is 0.253 e. The van der Waals surface area contributed by atoms with Gasteiger partial charge in [0, 0.05) is 17.3 Å². The minimum Gasteiger partial charge on any atom is -0.355 e. The van der Waals surface area contributed by atoms with Crippen molar-refractivity contribution in [3.05, 3.63) is 59.1 Å². The SMILES string of the molecule is CCNC(=O)c1ccc(Cl)cc1Nc1ccccc1. The van der Waals surface area contributed by atoms with Gasteiger partial charge in [-0.25, -0.2) is 0 Å². The Balaban J connectivity index is 2.32. The molecule has 2 aromatic rings. The standard InChI is InChI=1S/C15H15ClN2O/c1-2-17-15(19)13-9-8-11(16)10-14(13)18-12-6-4-3-5-7-12/h3-10,18H,2H2,1H3,(H,17,19). The molecule has 98 valence electrons. The van der Waals surface area contributed by atoms with Gasteiger partial charge in [-0.05, 0) is 37.3 Å². The van der Waals surface area contributed by atoms with Crippen molar-refractivity contribution >= 4 is 28.9 Å². The molecule has 2 rings (SSSR count). The largest absolute Gasteiger partial charge is 0.355 e. The lowest BCUT2D eigenvalue weighted by Crippen LogP contribution is -2.23. The molecule has 1 amide bonds. The molecule has 0 fully saturated rings. The molecule has 0 radical (unpaired) electrons. The van der Waals surface area contributed by atoms with E-state index in [0.717, 1.165) is 5.69 Å². The summed E-state index contributed by atoms with van der Waals surface area (Å²) >= 11 is 5.99. The molecule has 0 atom stereocenters. The molecule has 0 aliphatic heterocycles. The summed E-state index contributed by atoms with van der Waals surface area (Å²) in [6.07, 6.45) is 0. The topological polar surface area (TPSA) is 41.1 Å². The number of hydrogen-bond donors (Lipinski definition) is 2. The summed E-state index contributed by atoms with van der Waals surface area (Å²) in [6, 6.07) is 14.8. The second-order valence-corrected chi connectivity index (χ2v) is 4.48. The molecule has 4 heteroatoms. The molecule has 0 aromatic heterocycles. The molecular weight excluding hydrogens is 260 g/mol. The van der Waals surface area contributed by atoms with E-state index in [2.05, 4.69) is 10.6 Å². The van der Waals surface area contributed by atoms with Crippen molar-refractivity contribution in [1.29, 1.82) is 0 Å². The zero-order valence-corrected chi connectivity index (χ0v) is 11.4. The fourth-order valence-electron chi connectivity index (χ4n) is 1.75. The molecule has 3 nitrogen and oxygen atoms in total. The van der Waals surface area contributed by atoms with Crippen molar-refractivity contribution in [1.82, 2.24) is 5.32 Å². The van der Waals surface area contributed by atoms with Gasteiger partial charge in [-0.3, -0.25) is 4.79 Å². The number of carbonyl (C=O) groups is 1. The lowest BCUT2D eigenvalue weighted by atomic mass is 10.1. The molecule has 0 saturated heterocycles. The number of benzene rings is 2. The Morgan fingerprint density at radius 3 is 2.58 bits per heavy atom. The highest BCUT2D eigenvalue weighted by Gasteiger charge is 2.11. The van der Waals surface area contributed by atoms with Crippen LogP contribution < -0.4 is 10.6 Å². The number of hydrogen-bond acceptors (Lipinski definition) is 2. The fraction of sp³-hybridized carbons (Fsp3) is 0.133. The lowest BCUT2D eigenvalue weighted by molar-refractivity contribution is 0.0956. The lowest BCUT2D eigenvalue weighted by Gasteiger charge is -2.12. The van der Waals surface area contributed by atoms with E-state index in [1.54, 1.807) is 18.2 Å². The van der Waals surface area contributed by atoms with Crippen LogP contribution in [0, 0.1) is 0 Å². The van der Waals surface area contributed by atoms with Crippen LogP contribution in [-0.4, -0.2) is 12.5 Å². The first-order valence-corrected chi connectivity index (χ1v) is 6.48. The van der Waals surface area contributed by atoms with Gasteiger partial charge in [0.2, 0.25) is 0 Å². The first kappa shape index (κ1) is 13.4. The van der Waals surface area contributed by atoms with Gasteiger partial charge < -0.3 is 10.6 Å². The Morgan fingerprint density at radius 1 is 1.16 bits per heavy atom. The number of nitrogens with one attached hydrogen (secondary N) is 2. The zero-order valence-electron chi connectivity index (χ0n) is 10.6. The monoisotopic (exact) mass is 274 g/mol. The minimum absolute atomic E-state index is 0.113. The predicted octanol–water partition coefficient (Wildman–Crippen LogP) is 3.83. The van der Waals surface area contributed by atoms with Gasteiger partial charge in [0.05, 0.1) is 11.3 Å². The molecule has 0 spiro atoms. The molecule has 2 aromatic carbocycles. The highest BCUT2D eigenvalue weighted by Crippen LogP contribution is 2.24. The van der Waals surface area contributed by atoms with Crippen LogP contribution in [0.25, 0.3) is 0 Å². The smallest absolute Gasteiger partial charge is 0.253 e. The third kappa shape index (κ3) is 3.48. The van der Waals surface area contributed by atoms with Crippen molar-refractivity contribution in [2.45, 2.75) is 6.92 Å². The van der Waals surface area contributed by atoms with Gasteiger partial charge in [0.25, 0.3) is 5.91 Å².